The van der Waals surface area contributed by atoms with Gasteiger partial charge in [-0.25, -0.2) is 4.79 Å². The number of fused-ring (bicyclic) bond motifs is 5. The van der Waals surface area contributed by atoms with Crippen LogP contribution in [0.4, 0.5) is 11.4 Å². The second-order valence-corrected chi connectivity index (χ2v) is 11.4. The molecule has 8 nitrogen and oxygen atoms in total. The molecule has 34 heavy (non-hydrogen) atoms. The number of allylic oxidation sites excluding steroid dienone is 1. The van der Waals surface area contributed by atoms with Crippen LogP contribution >= 0.6 is 0 Å². The van der Waals surface area contributed by atoms with Crippen LogP contribution in [0.1, 0.15) is 82.0 Å². The van der Waals surface area contributed by atoms with Gasteiger partial charge in [-0.05, 0) is 73.5 Å². The van der Waals surface area contributed by atoms with E-state index in [1.165, 1.54) is 37.7 Å². The molecule has 0 aliphatic heterocycles. The molecule has 0 heterocycles. The number of carbonyl (C=O) groups is 1. The Labute approximate surface area is 199 Å². The van der Waals surface area contributed by atoms with Gasteiger partial charge in [0.25, 0.3) is 11.4 Å². The minimum atomic E-state index is -0.742. The van der Waals surface area contributed by atoms with E-state index in [2.05, 4.69) is 19.9 Å². The van der Waals surface area contributed by atoms with Crippen molar-refractivity contribution in [2.45, 2.75) is 77.7 Å². The molecule has 1 aromatic rings. The molecule has 0 unspecified atom stereocenters. The number of esters is 1. The van der Waals surface area contributed by atoms with Crippen molar-refractivity contribution in [3.63, 3.8) is 0 Å². The molecule has 3 fully saturated rings. The van der Waals surface area contributed by atoms with E-state index in [4.69, 9.17) is 4.74 Å². The van der Waals surface area contributed by atoms with Crippen LogP contribution in [0, 0.1) is 48.8 Å². The van der Waals surface area contributed by atoms with Crippen LogP contribution in [0.25, 0.3) is 0 Å². The van der Waals surface area contributed by atoms with Crippen LogP contribution in [0.5, 0.6) is 0 Å². The van der Waals surface area contributed by atoms with E-state index in [-0.39, 0.29) is 17.1 Å². The second-order valence-electron chi connectivity index (χ2n) is 11.4. The van der Waals surface area contributed by atoms with Gasteiger partial charge in [0.1, 0.15) is 6.10 Å². The summed E-state index contributed by atoms with van der Waals surface area (Å²) in [5, 5.41) is 22.3. The third-order valence-corrected chi connectivity index (χ3v) is 9.67. The predicted molar refractivity (Wildman–Crippen MR) is 125 cm³/mol. The van der Waals surface area contributed by atoms with Crippen molar-refractivity contribution < 1.29 is 19.4 Å². The molecular formula is C26H32N2O6. The quantitative estimate of drug-likeness (QED) is 0.219. The van der Waals surface area contributed by atoms with E-state index in [0.29, 0.717) is 17.8 Å². The maximum absolute atomic E-state index is 12.8. The molecule has 0 aromatic heterocycles. The fourth-order valence-electron chi connectivity index (χ4n) is 7.86. The SMILES string of the molecule is C[C@@]12CCC[C@@H]1[C@H]1CC=C3C[C@@H](OC(=O)c4cc([N+](=O)[O-])cc([N+](=O)[O-])c4)CC[C@]3(C)[C@@H]1CC2. The van der Waals surface area contributed by atoms with Crippen LogP contribution in [-0.4, -0.2) is 21.9 Å². The summed E-state index contributed by atoms with van der Waals surface area (Å²) in [6.45, 7) is 4.90. The first kappa shape index (κ1) is 23.0. The maximum Gasteiger partial charge on any atom is 0.338 e. The Hall–Kier alpha value is -2.77. The van der Waals surface area contributed by atoms with Gasteiger partial charge >= 0.3 is 5.97 Å². The summed E-state index contributed by atoms with van der Waals surface area (Å²) in [5.41, 5.74) is 0.893. The molecule has 8 heteroatoms. The Kier molecular flexibility index (Phi) is 5.52. The molecule has 5 rings (SSSR count). The zero-order chi connectivity index (χ0) is 24.3. The smallest absolute Gasteiger partial charge is 0.338 e. The fraction of sp³-hybridized carbons (Fsp3) is 0.654. The van der Waals surface area contributed by atoms with Crippen molar-refractivity contribution in [2.75, 3.05) is 0 Å². The molecule has 1 aromatic carbocycles. The number of benzene rings is 1. The molecule has 0 spiro atoms. The number of nitro groups is 2. The van der Waals surface area contributed by atoms with Crippen molar-refractivity contribution in [1.29, 1.82) is 0 Å². The summed E-state index contributed by atoms with van der Waals surface area (Å²) >= 11 is 0. The van der Waals surface area contributed by atoms with Crippen LogP contribution in [-0.2, 0) is 4.74 Å². The lowest BCUT2D eigenvalue weighted by atomic mass is 9.48. The highest BCUT2D eigenvalue weighted by Crippen LogP contribution is 2.64. The highest BCUT2D eigenvalue weighted by Gasteiger charge is 2.56. The molecule has 0 radical (unpaired) electrons. The summed E-state index contributed by atoms with van der Waals surface area (Å²) in [7, 11) is 0. The van der Waals surface area contributed by atoms with Gasteiger partial charge in [0, 0.05) is 18.6 Å². The second kappa shape index (κ2) is 8.17. The number of carbonyl (C=O) groups excluding carboxylic acids is 1. The summed E-state index contributed by atoms with van der Waals surface area (Å²) in [4.78, 5) is 33.7. The number of rotatable bonds is 4. The lowest BCUT2D eigenvalue weighted by Crippen LogP contribution is -2.49. The molecule has 4 aliphatic carbocycles. The Morgan fingerprint density at radius 3 is 2.35 bits per heavy atom. The molecule has 6 atom stereocenters. The van der Waals surface area contributed by atoms with Crippen molar-refractivity contribution in [2.24, 2.45) is 28.6 Å². The highest BCUT2D eigenvalue weighted by atomic mass is 16.6. The van der Waals surface area contributed by atoms with Gasteiger partial charge < -0.3 is 4.74 Å². The topological polar surface area (TPSA) is 113 Å². The van der Waals surface area contributed by atoms with E-state index >= 15 is 0 Å². The van der Waals surface area contributed by atoms with Gasteiger partial charge in [0.2, 0.25) is 0 Å². The number of nitro benzene ring substituents is 2. The predicted octanol–water partition coefficient (Wildman–Crippen LogP) is 6.38. The lowest BCUT2D eigenvalue weighted by molar-refractivity contribution is -0.394. The standard InChI is InChI=1S/C26H32N2O6/c1-25-9-3-4-22(25)21-6-5-17-14-20(7-11-26(17,2)23(21)8-10-25)34-24(29)16-12-18(27(30)31)15-19(13-16)28(32)33/h5,12-13,15,20-23H,3-4,6-11,14H2,1-2H3/t20-,21+,22+,23+,25-,26-/m0/s1. The van der Waals surface area contributed by atoms with E-state index < -0.39 is 27.2 Å². The molecular weight excluding hydrogens is 436 g/mol. The van der Waals surface area contributed by atoms with Crippen LogP contribution < -0.4 is 0 Å². The highest BCUT2D eigenvalue weighted by molar-refractivity contribution is 5.91. The Bertz CT molecular complexity index is 1050. The lowest BCUT2D eigenvalue weighted by Gasteiger charge is -2.57. The Morgan fingerprint density at radius 1 is 0.971 bits per heavy atom. The Morgan fingerprint density at radius 2 is 1.68 bits per heavy atom. The summed E-state index contributed by atoms with van der Waals surface area (Å²) in [6, 6.07) is 2.95. The summed E-state index contributed by atoms with van der Waals surface area (Å²) in [6.07, 6.45) is 12.2. The Balaban J connectivity index is 1.32. The first-order chi connectivity index (χ1) is 16.1. The summed E-state index contributed by atoms with van der Waals surface area (Å²) < 4.78 is 5.74. The zero-order valence-electron chi connectivity index (χ0n) is 19.8. The molecule has 4 aliphatic rings. The third-order valence-electron chi connectivity index (χ3n) is 9.67. The van der Waals surface area contributed by atoms with Crippen molar-refractivity contribution >= 4 is 17.3 Å². The summed E-state index contributed by atoms with van der Waals surface area (Å²) in [5.74, 6) is 1.51. The average molecular weight is 469 g/mol. The van der Waals surface area contributed by atoms with Crippen molar-refractivity contribution in [3.05, 3.63) is 55.6 Å². The van der Waals surface area contributed by atoms with E-state index in [1.54, 1.807) is 0 Å². The molecule has 0 bridgehead atoms. The maximum atomic E-state index is 12.8. The number of hydrogen-bond acceptors (Lipinski definition) is 6. The minimum Gasteiger partial charge on any atom is -0.458 e. The van der Waals surface area contributed by atoms with Crippen molar-refractivity contribution in [3.8, 4) is 0 Å². The normalized spacial score (nSPS) is 36.5. The van der Waals surface area contributed by atoms with E-state index in [9.17, 15) is 25.0 Å². The van der Waals surface area contributed by atoms with Crippen molar-refractivity contribution in [1.82, 2.24) is 0 Å². The van der Waals surface area contributed by atoms with E-state index in [0.717, 1.165) is 49.3 Å². The zero-order valence-corrected chi connectivity index (χ0v) is 19.8. The van der Waals surface area contributed by atoms with Gasteiger partial charge in [-0.2, -0.15) is 0 Å². The van der Waals surface area contributed by atoms with Gasteiger partial charge in [-0.15, -0.1) is 0 Å². The van der Waals surface area contributed by atoms with Crippen LogP contribution in [0.3, 0.4) is 0 Å². The van der Waals surface area contributed by atoms with Crippen LogP contribution in [0.2, 0.25) is 0 Å². The minimum absolute atomic E-state index is 0.139. The number of ether oxygens (including phenoxy) is 1. The number of non-ortho nitro benzene ring substituents is 2. The largest absolute Gasteiger partial charge is 0.458 e. The fourth-order valence-corrected chi connectivity index (χ4v) is 7.86. The van der Waals surface area contributed by atoms with Gasteiger partial charge in [0.15, 0.2) is 0 Å². The van der Waals surface area contributed by atoms with Crippen LogP contribution in [0.15, 0.2) is 29.8 Å². The average Bonchev–Trinajstić information content (AvgIpc) is 3.20. The molecule has 3 saturated carbocycles. The van der Waals surface area contributed by atoms with Gasteiger partial charge in [-0.3, -0.25) is 20.2 Å². The first-order valence-electron chi connectivity index (χ1n) is 12.4. The van der Waals surface area contributed by atoms with E-state index in [1.807, 2.05) is 0 Å². The molecule has 0 amide bonds. The monoisotopic (exact) mass is 468 g/mol. The number of nitrogens with zero attached hydrogens (tertiary/aromatic N) is 2. The molecule has 0 N–H and O–H groups in total. The van der Waals surface area contributed by atoms with Gasteiger partial charge in [0.05, 0.1) is 21.5 Å². The number of hydrogen-bond donors (Lipinski definition) is 0. The molecule has 182 valence electrons. The van der Waals surface area contributed by atoms with Gasteiger partial charge in [-0.1, -0.05) is 31.9 Å². The third kappa shape index (κ3) is 3.71. The first-order valence-corrected chi connectivity index (χ1v) is 12.4. The molecule has 0 saturated heterocycles.